The molecule has 3 N–H and O–H groups in total. The Morgan fingerprint density at radius 2 is 1.11 bits per heavy atom. The van der Waals surface area contributed by atoms with E-state index in [0.717, 1.165) is 128 Å². The van der Waals surface area contributed by atoms with E-state index in [0.29, 0.717) is 32.3 Å². The Morgan fingerprint density at radius 1 is 0.667 bits per heavy atom. The Hall–Kier alpha value is -2.20. The van der Waals surface area contributed by atoms with Gasteiger partial charge in [0.1, 0.15) is 6.10 Å². The van der Waals surface area contributed by atoms with Crippen molar-refractivity contribution in [1.29, 1.82) is 0 Å². The third kappa shape index (κ3) is 19.6. The van der Waals surface area contributed by atoms with Gasteiger partial charge in [-0.05, 0) is 46.0 Å². The highest BCUT2D eigenvalue weighted by Crippen LogP contribution is 2.49. The second kappa shape index (κ2) is 28.3. The number of carboxylic acids is 2. The molecule has 1 rings (SSSR count). The van der Waals surface area contributed by atoms with Gasteiger partial charge in [-0.3, -0.25) is 19.2 Å². The molecule has 0 spiro atoms. The highest BCUT2D eigenvalue weighted by molar-refractivity contribution is 5.82. The zero-order valence-corrected chi connectivity index (χ0v) is 37.9. The summed E-state index contributed by atoms with van der Waals surface area (Å²) >= 11 is 0. The monoisotopic (exact) mass is 810 g/mol. The van der Waals surface area contributed by atoms with Gasteiger partial charge in [-0.2, -0.15) is 0 Å². The lowest BCUT2D eigenvalue weighted by molar-refractivity contribution is -0.304. The van der Waals surface area contributed by atoms with E-state index in [4.69, 9.17) is 14.2 Å². The van der Waals surface area contributed by atoms with Crippen molar-refractivity contribution < 1.29 is 43.6 Å². The highest BCUT2D eigenvalue weighted by atomic mass is 16.7. The van der Waals surface area contributed by atoms with Crippen LogP contribution in [-0.2, 0) is 33.4 Å². The Morgan fingerprint density at radius 3 is 1.56 bits per heavy atom. The van der Waals surface area contributed by atoms with Crippen LogP contribution >= 0.6 is 0 Å². The van der Waals surface area contributed by atoms with Crippen molar-refractivity contribution in [2.75, 3.05) is 19.8 Å². The number of carbonyl (C=O) groups excluding carboxylic acids is 2. The fourth-order valence-electron chi connectivity index (χ4n) is 8.63. The van der Waals surface area contributed by atoms with Gasteiger partial charge >= 0.3 is 17.9 Å². The molecule has 4 atom stereocenters. The summed E-state index contributed by atoms with van der Waals surface area (Å²) in [5, 5.41) is 25.2. The van der Waals surface area contributed by atoms with Gasteiger partial charge in [0.15, 0.2) is 5.79 Å². The number of ether oxygens (including phenoxy) is 3. The van der Waals surface area contributed by atoms with Crippen LogP contribution in [0.15, 0.2) is 0 Å². The lowest BCUT2D eigenvalue weighted by Gasteiger charge is -2.44. The number of carboxylic acid groups (broad SMARTS) is 2. The average Bonchev–Trinajstić information content (AvgIpc) is 3.16. The molecule has 0 aromatic rings. The van der Waals surface area contributed by atoms with Gasteiger partial charge in [-0.25, -0.2) is 0 Å². The zero-order chi connectivity index (χ0) is 42.8. The standard InChI is InChI=1S/C47H87NO9/c1-9-13-17-21-23-26-31-46(42(51)52,30-25-19-15-11-3)35-38(47(43(53)54,32-27-20-16-12-4)33-28-24-22-18-14-10-2)36-55-39(49)29-34-48-41(50)40-44(5,6)37-56-45(7,8)57-40/h38,40H,9-37H2,1-8H3,(H,48,50)(H,51,52)(H,53,54)/t38?,40-,46?,47?/m0/s1. The van der Waals surface area contributed by atoms with Crippen LogP contribution in [0.5, 0.6) is 0 Å². The molecule has 1 heterocycles. The fraction of sp³-hybridized carbons (Fsp3) is 0.915. The summed E-state index contributed by atoms with van der Waals surface area (Å²) in [5.41, 5.74) is -2.90. The van der Waals surface area contributed by atoms with Crippen molar-refractivity contribution >= 4 is 23.8 Å². The first-order valence-electron chi connectivity index (χ1n) is 23.3. The molecule has 10 nitrogen and oxygen atoms in total. The smallest absolute Gasteiger partial charge is 0.310 e. The summed E-state index contributed by atoms with van der Waals surface area (Å²) in [6.45, 7) is 16.2. The molecule has 0 aliphatic carbocycles. The molecular formula is C47H87NO9. The number of nitrogens with one attached hydrogen (secondary N) is 1. The minimum atomic E-state index is -1.23. The van der Waals surface area contributed by atoms with E-state index in [9.17, 15) is 29.4 Å². The first-order chi connectivity index (χ1) is 27.1. The first-order valence-corrected chi connectivity index (χ1v) is 23.3. The molecule has 57 heavy (non-hydrogen) atoms. The predicted molar refractivity (Wildman–Crippen MR) is 229 cm³/mol. The summed E-state index contributed by atoms with van der Waals surface area (Å²) in [4.78, 5) is 54.1. The van der Waals surface area contributed by atoms with Gasteiger partial charge in [-0.1, -0.05) is 170 Å². The second-order valence-electron chi connectivity index (χ2n) is 18.5. The largest absolute Gasteiger partial charge is 0.481 e. The van der Waals surface area contributed by atoms with Crippen molar-refractivity contribution in [3.63, 3.8) is 0 Å². The second-order valence-corrected chi connectivity index (χ2v) is 18.5. The Labute approximate surface area is 348 Å². The van der Waals surface area contributed by atoms with Gasteiger partial charge in [0.2, 0.25) is 5.91 Å². The molecule has 1 amide bonds. The molecule has 0 bridgehead atoms. The molecule has 3 unspecified atom stereocenters. The molecular weight excluding hydrogens is 723 g/mol. The number of hydrogen-bond donors (Lipinski definition) is 3. The van der Waals surface area contributed by atoms with Gasteiger partial charge in [0, 0.05) is 17.9 Å². The Kier molecular flexibility index (Phi) is 26.2. The Balaban J connectivity index is 3.47. The third-order valence-corrected chi connectivity index (χ3v) is 12.5. The minimum absolute atomic E-state index is 0.0347. The van der Waals surface area contributed by atoms with Crippen LogP contribution in [0.1, 0.15) is 222 Å². The maximum Gasteiger partial charge on any atom is 0.310 e. The van der Waals surface area contributed by atoms with Crippen LogP contribution in [0.2, 0.25) is 0 Å². The molecule has 0 aromatic heterocycles. The quantitative estimate of drug-likeness (QED) is 0.0420. The molecule has 1 fully saturated rings. The van der Waals surface area contributed by atoms with Crippen molar-refractivity contribution in [2.45, 2.75) is 234 Å². The van der Waals surface area contributed by atoms with Gasteiger partial charge in [0.25, 0.3) is 0 Å². The van der Waals surface area contributed by atoms with Crippen LogP contribution in [-0.4, -0.2) is 65.7 Å². The minimum Gasteiger partial charge on any atom is -0.481 e. The topological polar surface area (TPSA) is 148 Å². The molecule has 1 saturated heterocycles. The summed E-state index contributed by atoms with van der Waals surface area (Å²) in [6, 6.07) is 0. The van der Waals surface area contributed by atoms with Crippen molar-refractivity contribution in [2.24, 2.45) is 22.2 Å². The molecule has 1 aliphatic heterocycles. The predicted octanol–water partition coefficient (Wildman–Crippen LogP) is 11.8. The van der Waals surface area contributed by atoms with Crippen molar-refractivity contribution in [3.05, 3.63) is 0 Å². The highest BCUT2D eigenvalue weighted by Gasteiger charge is 2.51. The summed E-state index contributed by atoms with van der Waals surface area (Å²) in [5.74, 6) is -4.23. The van der Waals surface area contributed by atoms with Crippen LogP contribution in [0, 0.1) is 22.2 Å². The van der Waals surface area contributed by atoms with Gasteiger partial charge in [0.05, 0.1) is 30.5 Å². The maximum atomic E-state index is 13.8. The van der Waals surface area contributed by atoms with E-state index in [1.165, 1.54) is 0 Å². The number of rotatable bonds is 35. The molecule has 0 aromatic carbocycles. The maximum absolute atomic E-state index is 13.8. The van der Waals surface area contributed by atoms with Crippen LogP contribution < -0.4 is 5.32 Å². The van der Waals surface area contributed by atoms with E-state index in [1.807, 2.05) is 13.8 Å². The van der Waals surface area contributed by atoms with E-state index >= 15 is 0 Å². The lowest BCUT2D eigenvalue weighted by Crippen LogP contribution is -2.56. The van der Waals surface area contributed by atoms with Gasteiger partial charge < -0.3 is 29.7 Å². The van der Waals surface area contributed by atoms with Crippen LogP contribution in [0.4, 0.5) is 0 Å². The number of hydrogen-bond acceptors (Lipinski definition) is 7. The fourth-order valence-corrected chi connectivity index (χ4v) is 8.63. The Bertz CT molecular complexity index is 1140. The summed E-state index contributed by atoms with van der Waals surface area (Å²) in [7, 11) is 0. The summed E-state index contributed by atoms with van der Waals surface area (Å²) < 4.78 is 17.7. The van der Waals surface area contributed by atoms with E-state index in [1.54, 1.807) is 13.8 Å². The normalized spacial score (nSPS) is 18.9. The van der Waals surface area contributed by atoms with Crippen LogP contribution in [0.3, 0.4) is 0 Å². The first kappa shape index (κ1) is 52.8. The number of esters is 1. The number of carbonyl (C=O) groups is 4. The number of amides is 1. The van der Waals surface area contributed by atoms with E-state index < -0.39 is 52.0 Å². The molecule has 1 aliphatic rings. The van der Waals surface area contributed by atoms with Crippen molar-refractivity contribution in [1.82, 2.24) is 5.32 Å². The SMILES string of the molecule is CCCCCCCCC(CCCCCC)(CC(COC(=O)CCNC(=O)[C@@H]1OC(C)(C)OCC1(C)C)C(CCCCCC)(CCCCCCCC)C(=O)O)C(=O)O. The van der Waals surface area contributed by atoms with Crippen LogP contribution in [0.25, 0.3) is 0 Å². The number of unbranched alkanes of at least 4 members (excludes halogenated alkanes) is 16. The lowest BCUT2D eigenvalue weighted by atomic mass is 9.61. The molecule has 0 radical (unpaired) electrons. The molecule has 10 heteroatoms. The van der Waals surface area contributed by atoms with E-state index in [-0.39, 0.29) is 31.9 Å². The van der Waals surface area contributed by atoms with E-state index in [2.05, 4.69) is 33.0 Å². The third-order valence-electron chi connectivity index (χ3n) is 12.5. The number of aliphatic carboxylic acids is 2. The van der Waals surface area contributed by atoms with Gasteiger partial charge in [-0.15, -0.1) is 0 Å². The summed E-state index contributed by atoms with van der Waals surface area (Å²) in [6.07, 6.45) is 20.8. The van der Waals surface area contributed by atoms with Crippen molar-refractivity contribution in [3.8, 4) is 0 Å². The molecule has 334 valence electrons. The molecule has 0 saturated carbocycles. The average molecular weight is 810 g/mol. The zero-order valence-electron chi connectivity index (χ0n) is 37.9.